The molecule has 0 radical (unpaired) electrons. The van der Waals surface area contributed by atoms with Crippen molar-refractivity contribution in [3.8, 4) is 5.75 Å². The average molecular weight is 290 g/mol. The van der Waals surface area contributed by atoms with Gasteiger partial charge in [-0.25, -0.2) is 0 Å². The number of piperazine rings is 1. The van der Waals surface area contributed by atoms with E-state index in [-0.39, 0.29) is 0 Å². The van der Waals surface area contributed by atoms with Crippen LogP contribution in [-0.2, 0) is 0 Å². The van der Waals surface area contributed by atoms with E-state index in [1.54, 1.807) is 7.11 Å². The van der Waals surface area contributed by atoms with Gasteiger partial charge in [-0.1, -0.05) is 32.3 Å². The Bertz CT molecular complexity index is 427. The highest BCUT2D eigenvalue weighted by Crippen LogP contribution is 2.31. The average Bonchev–Trinajstić information content (AvgIpc) is 2.53. The van der Waals surface area contributed by atoms with Crippen LogP contribution >= 0.6 is 0 Å². The van der Waals surface area contributed by atoms with E-state index >= 15 is 0 Å². The predicted molar refractivity (Wildman–Crippen MR) is 89.1 cm³/mol. The predicted octanol–water partition coefficient (Wildman–Crippen LogP) is 3.53. The number of ether oxygens (including phenoxy) is 1. The van der Waals surface area contributed by atoms with E-state index in [2.05, 4.69) is 42.3 Å². The molecule has 1 atom stereocenters. The number of rotatable bonds is 7. The topological polar surface area (TPSA) is 24.5 Å². The first-order valence-electron chi connectivity index (χ1n) is 8.35. The van der Waals surface area contributed by atoms with Crippen molar-refractivity contribution in [3.05, 3.63) is 29.3 Å². The molecule has 1 aliphatic rings. The van der Waals surface area contributed by atoms with Crippen LogP contribution in [-0.4, -0.2) is 38.2 Å². The highest BCUT2D eigenvalue weighted by Gasteiger charge is 2.23. The number of methoxy groups -OCH3 is 1. The smallest absolute Gasteiger partial charge is 0.119 e. The second-order valence-corrected chi connectivity index (χ2v) is 6.02. The number of hydrogen-bond donors (Lipinski definition) is 1. The third kappa shape index (κ3) is 4.45. The maximum atomic E-state index is 5.35. The van der Waals surface area contributed by atoms with Gasteiger partial charge in [-0.3, -0.25) is 4.90 Å². The van der Waals surface area contributed by atoms with Crippen LogP contribution < -0.4 is 10.1 Å². The summed E-state index contributed by atoms with van der Waals surface area (Å²) in [5.74, 6) is 0.962. The molecule has 1 aromatic rings. The molecule has 2 rings (SSSR count). The summed E-state index contributed by atoms with van der Waals surface area (Å²) in [6.07, 6.45) is 5.20. The van der Waals surface area contributed by atoms with Gasteiger partial charge in [0.15, 0.2) is 0 Å². The summed E-state index contributed by atoms with van der Waals surface area (Å²) in [5.41, 5.74) is 2.84. The van der Waals surface area contributed by atoms with E-state index in [9.17, 15) is 0 Å². The van der Waals surface area contributed by atoms with Crippen molar-refractivity contribution in [1.82, 2.24) is 10.2 Å². The minimum Gasteiger partial charge on any atom is -0.497 e. The number of hydrogen-bond acceptors (Lipinski definition) is 3. The van der Waals surface area contributed by atoms with E-state index in [4.69, 9.17) is 4.74 Å². The van der Waals surface area contributed by atoms with Crippen molar-refractivity contribution >= 4 is 0 Å². The van der Waals surface area contributed by atoms with Crippen LogP contribution in [0.15, 0.2) is 18.2 Å². The number of aryl methyl sites for hydroxylation is 1. The first-order chi connectivity index (χ1) is 10.3. The van der Waals surface area contributed by atoms with Crippen molar-refractivity contribution in [1.29, 1.82) is 0 Å². The van der Waals surface area contributed by atoms with Crippen LogP contribution in [0.2, 0.25) is 0 Å². The van der Waals surface area contributed by atoms with Gasteiger partial charge >= 0.3 is 0 Å². The van der Waals surface area contributed by atoms with Crippen LogP contribution in [0, 0.1) is 6.92 Å². The molecule has 0 bridgehead atoms. The molecular formula is C18H30N2O. The maximum Gasteiger partial charge on any atom is 0.119 e. The van der Waals surface area contributed by atoms with Crippen LogP contribution in [0.1, 0.15) is 49.8 Å². The number of unbranched alkanes of at least 4 members (excludes halogenated alkanes) is 2. The summed E-state index contributed by atoms with van der Waals surface area (Å²) in [6, 6.07) is 7.11. The Hall–Kier alpha value is -1.06. The third-order valence-corrected chi connectivity index (χ3v) is 4.51. The fourth-order valence-electron chi connectivity index (χ4n) is 3.27. The Morgan fingerprint density at radius 3 is 2.62 bits per heavy atom. The number of nitrogens with zero attached hydrogens (tertiary/aromatic N) is 1. The van der Waals surface area contributed by atoms with Crippen LogP contribution in [0.3, 0.4) is 0 Å². The third-order valence-electron chi connectivity index (χ3n) is 4.51. The van der Waals surface area contributed by atoms with Gasteiger partial charge in [0.1, 0.15) is 5.75 Å². The van der Waals surface area contributed by atoms with Gasteiger partial charge in [0.25, 0.3) is 0 Å². The monoisotopic (exact) mass is 290 g/mol. The summed E-state index contributed by atoms with van der Waals surface area (Å²) in [6.45, 7) is 9.02. The van der Waals surface area contributed by atoms with Gasteiger partial charge in [-0.15, -0.1) is 0 Å². The molecule has 0 unspecified atom stereocenters. The highest BCUT2D eigenvalue weighted by molar-refractivity contribution is 5.36. The molecule has 1 fully saturated rings. The largest absolute Gasteiger partial charge is 0.497 e. The molecule has 1 saturated heterocycles. The first-order valence-corrected chi connectivity index (χ1v) is 8.35. The normalized spacial score (nSPS) is 17.7. The van der Waals surface area contributed by atoms with Crippen molar-refractivity contribution in [2.45, 2.75) is 45.6 Å². The van der Waals surface area contributed by atoms with Crippen molar-refractivity contribution in [2.75, 3.05) is 33.3 Å². The minimum absolute atomic E-state index is 0.560. The molecule has 118 valence electrons. The Labute approximate surface area is 129 Å². The molecule has 0 spiro atoms. The molecule has 0 saturated carbocycles. The number of benzene rings is 1. The lowest BCUT2D eigenvalue weighted by Crippen LogP contribution is -2.45. The molecule has 0 aliphatic carbocycles. The van der Waals surface area contributed by atoms with Gasteiger partial charge in [-0.2, -0.15) is 0 Å². The zero-order chi connectivity index (χ0) is 15.1. The zero-order valence-corrected chi connectivity index (χ0v) is 13.8. The Balaban J connectivity index is 2.16. The lowest BCUT2D eigenvalue weighted by molar-refractivity contribution is 0.162. The van der Waals surface area contributed by atoms with Gasteiger partial charge in [0.2, 0.25) is 0 Å². The Morgan fingerprint density at radius 2 is 2.00 bits per heavy atom. The van der Waals surface area contributed by atoms with Gasteiger partial charge < -0.3 is 10.1 Å². The van der Waals surface area contributed by atoms with E-state index in [1.807, 2.05) is 0 Å². The van der Waals surface area contributed by atoms with Crippen LogP contribution in [0.4, 0.5) is 0 Å². The molecule has 3 heteroatoms. The molecule has 3 nitrogen and oxygen atoms in total. The quantitative estimate of drug-likeness (QED) is 0.778. The van der Waals surface area contributed by atoms with E-state index < -0.39 is 0 Å². The molecule has 1 aliphatic heterocycles. The van der Waals surface area contributed by atoms with Crippen molar-refractivity contribution < 1.29 is 4.74 Å². The number of nitrogens with one attached hydrogen (secondary N) is 1. The molecule has 1 aromatic carbocycles. The van der Waals surface area contributed by atoms with Crippen LogP contribution in [0.5, 0.6) is 5.75 Å². The van der Waals surface area contributed by atoms with E-state index in [1.165, 1.54) is 36.8 Å². The molecule has 1 heterocycles. The SMILES string of the molecule is CCCCC[C@H](c1ccc(OC)cc1C)N1CCNCC1. The van der Waals surface area contributed by atoms with Gasteiger partial charge in [-0.05, 0) is 36.6 Å². The fourth-order valence-corrected chi connectivity index (χ4v) is 3.27. The maximum absolute atomic E-state index is 5.35. The zero-order valence-electron chi connectivity index (χ0n) is 13.8. The molecule has 1 N–H and O–H groups in total. The highest BCUT2D eigenvalue weighted by atomic mass is 16.5. The summed E-state index contributed by atoms with van der Waals surface area (Å²) in [7, 11) is 1.74. The first kappa shape index (κ1) is 16.3. The summed E-state index contributed by atoms with van der Waals surface area (Å²) >= 11 is 0. The standard InChI is InChI=1S/C18H30N2O/c1-4-5-6-7-18(20-12-10-19-11-13-20)17-9-8-16(21-3)14-15(17)2/h8-9,14,18-19H,4-7,10-13H2,1-3H3/t18-/m1/s1. The molecule has 21 heavy (non-hydrogen) atoms. The molecular weight excluding hydrogens is 260 g/mol. The molecule has 0 amide bonds. The van der Waals surface area contributed by atoms with Gasteiger partial charge in [0, 0.05) is 32.2 Å². The van der Waals surface area contributed by atoms with Crippen molar-refractivity contribution in [3.63, 3.8) is 0 Å². The minimum atomic E-state index is 0.560. The Morgan fingerprint density at radius 1 is 1.24 bits per heavy atom. The van der Waals surface area contributed by atoms with E-state index in [0.717, 1.165) is 31.9 Å². The summed E-state index contributed by atoms with van der Waals surface area (Å²) in [4.78, 5) is 2.65. The lowest BCUT2D eigenvalue weighted by Gasteiger charge is -2.36. The van der Waals surface area contributed by atoms with Crippen molar-refractivity contribution in [2.24, 2.45) is 0 Å². The second-order valence-electron chi connectivity index (χ2n) is 6.02. The fraction of sp³-hybridized carbons (Fsp3) is 0.667. The van der Waals surface area contributed by atoms with Crippen LogP contribution in [0.25, 0.3) is 0 Å². The molecule has 0 aromatic heterocycles. The van der Waals surface area contributed by atoms with Gasteiger partial charge in [0.05, 0.1) is 7.11 Å². The summed E-state index contributed by atoms with van der Waals surface area (Å²) in [5, 5.41) is 3.46. The van der Waals surface area contributed by atoms with E-state index in [0.29, 0.717) is 6.04 Å². The Kier molecular flexibility index (Phi) is 6.52. The lowest BCUT2D eigenvalue weighted by atomic mass is 9.94. The second kappa shape index (κ2) is 8.40. The summed E-state index contributed by atoms with van der Waals surface area (Å²) < 4.78 is 5.35.